The van der Waals surface area contributed by atoms with Crippen molar-refractivity contribution < 1.29 is 0 Å². The van der Waals surface area contributed by atoms with E-state index < -0.39 is 0 Å². The van der Waals surface area contributed by atoms with Crippen molar-refractivity contribution in [2.24, 2.45) is 5.73 Å². The molecule has 1 unspecified atom stereocenters. The highest BCUT2D eigenvalue weighted by Crippen LogP contribution is 2.32. The molecule has 0 fully saturated rings. The summed E-state index contributed by atoms with van der Waals surface area (Å²) in [6.07, 6.45) is 0.927. The second-order valence-corrected chi connectivity index (χ2v) is 5.85. The summed E-state index contributed by atoms with van der Waals surface area (Å²) in [6.45, 7) is 4.29. The molecule has 2 N–H and O–H groups in total. The predicted molar refractivity (Wildman–Crippen MR) is 91.9 cm³/mol. The molecule has 0 bridgehead atoms. The Hall–Kier alpha value is -1.51. The van der Waals surface area contributed by atoms with Crippen LogP contribution in [-0.4, -0.2) is 7.05 Å². The molecule has 0 aliphatic rings. The number of halogens is 1. The summed E-state index contributed by atoms with van der Waals surface area (Å²) in [5.74, 6) is 0. The van der Waals surface area contributed by atoms with E-state index in [-0.39, 0.29) is 12.1 Å². The first-order valence-corrected chi connectivity index (χ1v) is 7.75. The smallest absolute Gasteiger partial charge is 0.0511 e. The monoisotopic (exact) mass is 302 g/mol. The van der Waals surface area contributed by atoms with Crippen molar-refractivity contribution in [2.45, 2.75) is 32.4 Å². The van der Waals surface area contributed by atoms with Crippen molar-refractivity contribution in [3.8, 4) is 0 Å². The molecule has 0 saturated carbocycles. The Labute approximate surface area is 132 Å². The normalized spacial score (nSPS) is 13.8. The summed E-state index contributed by atoms with van der Waals surface area (Å²) in [5.41, 5.74) is 9.82. The summed E-state index contributed by atoms with van der Waals surface area (Å²) < 4.78 is 0. The first kappa shape index (κ1) is 15.9. The molecule has 0 aromatic heterocycles. The van der Waals surface area contributed by atoms with E-state index >= 15 is 0 Å². The zero-order valence-electron chi connectivity index (χ0n) is 12.9. The van der Waals surface area contributed by atoms with Crippen LogP contribution >= 0.6 is 11.6 Å². The van der Waals surface area contributed by atoms with Gasteiger partial charge in [-0.1, -0.05) is 48.9 Å². The standard InChI is InChI=1S/C18H23ClN2/c1-4-17(20)16-10-5-6-11-18(16)21(3)13(2)14-8-7-9-15(19)12-14/h5-13,17H,4,20H2,1-3H3/t13?,17-/m1/s1. The Kier molecular flexibility index (Phi) is 5.27. The van der Waals surface area contributed by atoms with Gasteiger partial charge in [0.2, 0.25) is 0 Å². The molecule has 2 atom stereocenters. The fourth-order valence-electron chi connectivity index (χ4n) is 2.54. The highest BCUT2D eigenvalue weighted by molar-refractivity contribution is 6.30. The van der Waals surface area contributed by atoms with Gasteiger partial charge in [-0.3, -0.25) is 0 Å². The van der Waals surface area contributed by atoms with E-state index in [1.807, 2.05) is 24.3 Å². The number of rotatable bonds is 5. The molecular weight excluding hydrogens is 280 g/mol. The van der Waals surface area contributed by atoms with Crippen LogP contribution in [0.15, 0.2) is 48.5 Å². The summed E-state index contributed by atoms with van der Waals surface area (Å²) in [4.78, 5) is 2.26. The van der Waals surface area contributed by atoms with Crippen molar-refractivity contribution in [3.05, 3.63) is 64.7 Å². The summed E-state index contributed by atoms with van der Waals surface area (Å²) in [7, 11) is 2.10. The zero-order chi connectivity index (χ0) is 15.4. The molecule has 112 valence electrons. The molecule has 0 radical (unpaired) electrons. The highest BCUT2D eigenvalue weighted by atomic mass is 35.5. The number of anilines is 1. The number of hydrogen-bond acceptors (Lipinski definition) is 2. The fourth-order valence-corrected chi connectivity index (χ4v) is 2.74. The Morgan fingerprint density at radius 2 is 1.86 bits per heavy atom. The molecule has 21 heavy (non-hydrogen) atoms. The van der Waals surface area contributed by atoms with Gasteiger partial charge in [0.05, 0.1) is 6.04 Å². The topological polar surface area (TPSA) is 29.3 Å². The van der Waals surface area contributed by atoms with Gasteiger partial charge in [0.1, 0.15) is 0 Å². The highest BCUT2D eigenvalue weighted by Gasteiger charge is 2.17. The van der Waals surface area contributed by atoms with Crippen LogP contribution in [0.2, 0.25) is 5.02 Å². The maximum absolute atomic E-state index is 6.25. The van der Waals surface area contributed by atoms with E-state index in [0.29, 0.717) is 0 Å². The van der Waals surface area contributed by atoms with Crippen molar-refractivity contribution in [3.63, 3.8) is 0 Å². The first-order chi connectivity index (χ1) is 10.0. The lowest BCUT2D eigenvalue weighted by atomic mass is 10.0. The zero-order valence-corrected chi connectivity index (χ0v) is 13.6. The molecule has 0 heterocycles. The van der Waals surface area contributed by atoms with Gasteiger partial charge in [-0.25, -0.2) is 0 Å². The Morgan fingerprint density at radius 3 is 2.52 bits per heavy atom. The lowest BCUT2D eigenvalue weighted by Gasteiger charge is -2.30. The minimum atomic E-state index is 0.0650. The van der Waals surface area contributed by atoms with E-state index in [1.165, 1.54) is 16.8 Å². The number of para-hydroxylation sites is 1. The molecule has 0 aliphatic heterocycles. The van der Waals surface area contributed by atoms with Crippen molar-refractivity contribution in [2.75, 3.05) is 11.9 Å². The first-order valence-electron chi connectivity index (χ1n) is 7.37. The van der Waals surface area contributed by atoms with Gasteiger partial charge in [-0.15, -0.1) is 0 Å². The molecule has 0 aliphatic carbocycles. The van der Waals surface area contributed by atoms with Gasteiger partial charge in [0.25, 0.3) is 0 Å². The average Bonchev–Trinajstić information content (AvgIpc) is 2.52. The maximum atomic E-state index is 6.25. The third kappa shape index (κ3) is 3.58. The Morgan fingerprint density at radius 1 is 1.14 bits per heavy atom. The molecule has 2 nitrogen and oxygen atoms in total. The largest absolute Gasteiger partial charge is 0.368 e. The van der Waals surface area contributed by atoms with Crippen LogP contribution in [0.5, 0.6) is 0 Å². The maximum Gasteiger partial charge on any atom is 0.0511 e. The predicted octanol–water partition coefficient (Wildman–Crippen LogP) is 4.95. The van der Waals surface area contributed by atoms with Crippen LogP contribution in [-0.2, 0) is 0 Å². The molecule has 0 amide bonds. The fraction of sp³-hybridized carbons (Fsp3) is 0.333. The average molecular weight is 303 g/mol. The third-order valence-corrected chi connectivity index (χ3v) is 4.30. The van der Waals surface area contributed by atoms with E-state index in [9.17, 15) is 0 Å². The van der Waals surface area contributed by atoms with Crippen LogP contribution in [0.25, 0.3) is 0 Å². The van der Waals surface area contributed by atoms with Crippen LogP contribution in [0.3, 0.4) is 0 Å². The second-order valence-electron chi connectivity index (χ2n) is 5.42. The second kappa shape index (κ2) is 6.97. The van der Waals surface area contributed by atoms with Crippen LogP contribution in [0, 0.1) is 0 Å². The van der Waals surface area contributed by atoms with E-state index in [1.54, 1.807) is 0 Å². The van der Waals surface area contributed by atoms with Crippen LogP contribution in [0.1, 0.15) is 43.5 Å². The molecule has 2 aromatic rings. The SMILES string of the molecule is CC[C@@H](N)c1ccccc1N(C)C(C)c1cccc(Cl)c1. The van der Waals surface area contributed by atoms with Gasteiger partial charge in [0.15, 0.2) is 0 Å². The molecule has 3 heteroatoms. The quantitative estimate of drug-likeness (QED) is 0.847. The summed E-state index contributed by atoms with van der Waals surface area (Å²) in [5, 5.41) is 0.770. The molecule has 2 aromatic carbocycles. The van der Waals surface area contributed by atoms with Gasteiger partial charge in [0, 0.05) is 23.8 Å². The molecule has 2 rings (SSSR count). The molecular formula is C18H23ClN2. The van der Waals surface area contributed by atoms with Crippen molar-refractivity contribution in [1.82, 2.24) is 0 Å². The van der Waals surface area contributed by atoms with Crippen molar-refractivity contribution >= 4 is 17.3 Å². The van der Waals surface area contributed by atoms with Gasteiger partial charge >= 0.3 is 0 Å². The number of hydrogen-bond donors (Lipinski definition) is 1. The van der Waals surface area contributed by atoms with Gasteiger partial charge < -0.3 is 10.6 Å². The lowest BCUT2D eigenvalue weighted by molar-refractivity contribution is 0.679. The number of benzene rings is 2. The summed E-state index contributed by atoms with van der Waals surface area (Å²) >= 11 is 6.11. The minimum Gasteiger partial charge on any atom is -0.368 e. The molecule has 0 spiro atoms. The third-order valence-electron chi connectivity index (χ3n) is 4.07. The molecule has 0 saturated heterocycles. The van der Waals surface area contributed by atoms with Crippen molar-refractivity contribution in [1.29, 1.82) is 0 Å². The van der Waals surface area contributed by atoms with Gasteiger partial charge in [-0.05, 0) is 42.7 Å². The Balaban J connectivity index is 2.33. The van der Waals surface area contributed by atoms with Crippen LogP contribution in [0.4, 0.5) is 5.69 Å². The van der Waals surface area contributed by atoms with Crippen LogP contribution < -0.4 is 10.6 Å². The lowest BCUT2D eigenvalue weighted by Crippen LogP contribution is -2.24. The van der Waals surface area contributed by atoms with E-state index in [0.717, 1.165) is 11.4 Å². The minimum absolute atomic E-state index is 0.0650. The Bertz CT molecular complexity index is 597. The van der Waals surface area contributed by atoms with E-state index in [4.69, 9.17) is 17.3 Å². The number of nitrogens with two attached hydrogens (primary N) is 1. The summed E-state index contributed by atoms with van der Waals surface area (Å²) in [6, 6.07) is 16.7. The van der Waals surface area contributed by atoms with E-state index in [2.05, 4.69) is 50.1 Å². The number of nitrogens with zero attached hydrogens (tertiary/aromatic N) is 1. The van der Waals surface area contributed by atoms with Gasteiger partial charge in [-0.2, -0.15) is 0 Å².